The van der Waals surface area contributed by atoms with E-state index < -0.39 is 5.97 Å². The second kappa shape index (κ2) is 13.4. The molecule has 0 bridgehead atoms. The molecule has 0 saturated heterocycles. The van der Waals surface area contributed by atoms with Crippen LogP contribution in [-0.2, 0) is 14.4 Å². The van der Waals surface area contributed by atoms with Crippen molar-refractivity contribution in [2.45, 2.75) is 137 Å². The van der Waals surface area contributed by atoms with Crippen LogP contribution in [0.15, 0.2) is 11.1 Å². The predicted octanol–water partition coefficient (Wildman–Crippen LogP) is 7.17. The molecule has 12 atom stereocenters. The van der Waals surface area contributed by atoms with Crippen molar-refractivity contribution < 1.29 is 19.5 Å². The summed E-state index contributed by atoms with van der Waals surface area (Å²) in [6, 6.07) is 0. The van der Waals surface area contributed by atoms with Gasteiger partial charge in [-0.1, -0.05) is 47.1 Å². The lowest BCUT2D eigenvalue weighted by Crippen LogP contribution is -2.60. The molecule has 6 N–H and O–H groups in total. The van der Waals surface area contributed by atoms with Gasteiger partial charge in [0.1, 0.15) is 5.78 Å². The molecule has 0 aromatic heterocycles. The molecular weight excluding hydrogens is 610 g/mol. The monoisotopic (exact) mass is 680 g/mol. The molecule has 6 saturated carbocycles. The molecule has 7 nitrogen and oxygen atoms in total. The van der Waals surface area contributed by atoms with Crippen molar-refractivity contribution in [1.29, 1.82) is 0 Å². The average Bonchev–Trinajstić information content (AvgIpc) is 3.69. The maximum Gasteiger partial charge on any atom is 0.306 e. The molecule has 7 heteroatoms. The molecule has 0 amide bonds. The summed E-state index contributed by atoms with van der Waals surface area (Å²) in [5.74, 6) is 3.40. The molecule has 0 aromatic rings. The Balaban J connectivity index is 0.00000205. The summed E-state index contributed by atoms with van der Waals surface area (Å²) in [6.07, 6.45) is 15.0. The Labute approximate surface area is 296 Å². The number of fused-ring (bicyclic) bond motifs is 7. The van der Waals surface area contributed by atoms with Gasteiger partial charge in [0.05, 0.1) is 5.92 Å². The van der Waals surface area contributed by atoms with Gasteiger partial charge in [0, 0.05) is 36.3 Å². The molecule has 12 unspecified atom stereocenters. The van der Waals surface area contributed by atoms with Crippen LogP contribution in [0.3, 0.4) is 0 Å². The zero-order valence-corrected chi connectivity index (χ0v) is 31.9. The van der Waals surface area contributed by atoms with Crippen molar-refractivity contribution in [3.05, 3.63) is 11.1 Å². The number of nitrogens with two attached hydrogens (primary N) is 2. The molecule has 49 heavy (non-hydrogen) atoms. The maximum atomic E-state index is 13.8. The van der Waals surface area contributed by atoms with Gasteiger partial charge in [-0.15, -0.1) is 0 Å². The van der Waals surface area contributed by atoms with Gasteiger partial charge in [-0.3, -0.25) is 14.4 Å². The third-order valence-electron chi connectivity index (χ3n) is 16.6. The largest absolute Gasteiger partial charge is 0.481 e. The van der Waals surface area contributed by atoms with Crippen LogP contribution in [0.5, 0.6) is 0 Å². The van der Waals surface area contributed by atoms with Gasteiger partial charge in [-0.25, -0.2) is 0 Å². The summed E-state index contributed by atoms with van der Waals surface area (Å²) in [5, 5.41) is 13.2. The summed E-state index contributed by atoms with van der Waals surface area (Å²) in [5.41, 5.74) is 14.3. The van der Waals surface area contributed by atoms with E-state index in [1.54, 1.807) is 5.57 Å². The highest BCUT2D eigenvalue weighted by atomic mass is 16.4. The van der Waals surface area contributed by atoms with Gasteiger partial charge in [-0.05, 0) is 154 Å². The first-order valence-corrected chi connectivity index (χ1v) is 20.2. The number of carbonyl (C=O) groups is 3. The van der Waals surface area contributed by atoms with E-state index in [4.69, 9.17) is 5.73 Å². The van der Waals surface area contributed by atoms with Crippen LogP contribution in [0.4, 0.5) is 0 Å². The summed E-state index contributed by atoms with van der Waals surface area (Å²) in [4.78, 5) is 38.7. The molecular formula is C42H69N3O4. The van der Waals surface area contributed by atoms with E-state index in [9.17, 15) is 19.5 Å². The van der Waals surface area contributed by atoms with E-state index >= 15 is 0 Å². The van der Waals surface area contributed by atoms with Gasteiger partial charge in [0.2, 0.25) is 0 Å². The summed E-state index contributed by atoms with van der Waals surface area (Å²) in [7, 11) is 1.50. The number of hydrogen-bond acceptors (Lipinski definition) is 6. The number of aliphatic carboxylic acids is 1. The number of hydrogen-bond donors (Lipinski definition) is 4. The Morgan fingerprint density at radius 1 is 0.898 bits per heavy atom. The van der Waals surface area contributed by atoms with E-state index in [1.807, 2.05) is 6.92 Å². The average molecular weight is 680 g/mol. The Morgan fingerprint density at radius 2 is 1.55 bits per heavy atom. The first-order valence-electron chi connectivity index (χ1n) is 20.2. The molecule has 0 aliphatic heterocycles. The Bertz CT molecular complexity index is 1340. The van der Waals surface area contributed by atoms with E-state index in [1.165, 1.54) is 51.1 Å². The van der Waals surface area contributed by atoms with Crippen LogP contribution in [0.2, 0.25) is 0 Å². The molecule has 0 heterocycles. The molecule has 0 radical (unpaired) electrons. The summed E-state index contributed by atoms with van der Waals surface area (Å²) >= 11 is 0. The number of rotatable bonds is 10. The number of carboxylic acid groups (broad SMARTS) is 1. The van der Waals surface area contributed by atoms with Crippen LogP contribution >= 0.6 is 0 Å². The second-order valence-corrected chi connectivity index (χ2v) is 19.2. The fourth-order valence-corrected chi connectivity index (χ4v) is 13.7. The lowest BCUT2D eigenvalue weighted by Gasteiger charge is -2.67. The van der Waals surface area contributed by atoms with Crippen molar-refractivity contribution in [3.8, 4) is 0 Å². The normalized spacial score (nSPS) is 44.9. The van der Waals surface area contributed by atoms with E-state index in [0.717, 1.165) is 51.6 Å². The Morgan fingerprint density at radius 3 is 2.18 bits per heavy atom. The standard InChI is InChI=1S/C41H64N2O4.CH5N/c1-23(2)35-33(45)21-40(17-18-43-22-41(42)15-16-41)14-11-31-27(36(35)40)7-8-34-38(5)12-9-26(24(3)30(38)10-13-39(31,34)6)19-32(44)28-20-29(25(28)4)37(46)47;1-2/h23-31,34,43H,7-22,42H2,1-6H3,(H,46,47);2H2,1H3. The van der Waals surface area contributed by atoms with Crippen molar-refractivity contribution in [2.24, 2.45) is 86.9 Å². The quantitative estimate of drug-likeness (QED) is 0.180. The van der Waals surface area contributed by atoms with Gasteiger partial charge in [0.15, 0.2) is 5.78 Å². The lowest BCUT2D eigenvalue weighted by atomic mass is 9.37. The molecule has 7 aliphatic rings. The zero-order chi connectivity index (χ0) is 35.7. The highest BCUT2D eigenvalue weighted by Gasteiger charge is 2.64. The zero-order valence-electron chi connectivity index (χ0n) is 31.9. The number of carboxylic acids is 1. The smallest absolute Gasteiger partial charge is 0.306 e. The predicted molar refractivity (Wildman–Crippen MR) is 195 cm³/mol. The number of nitrogens with one attached hydrogen (secondary N) is 1. The van der Waals surface area contributed by atoms with Gasteiger partial charge >= 0.3 is 5.97 Å². The topological polar surface area (TPSA) is 136 Å². The highest BCUT2D eigenvalue weighted by Crippen LogP contribution is 2.72. The van der Waals surface area contributed by atoms with Crippen LogP contribution in [0, 0.1) is 75.4 Å². The lowest BCUT2D eigenvalue weighted by molar-refractivity contribution is -0.172. The van der Waals surface area contributed by atoms with E-state index in [0.29, 0.717) is 76.7 Å². The van der Waals surface area contributed by atoms with Crippen molar-refractivity contribution in [3.63, 3.8) is 0 Å². The van der Waals surface area contributed by atoms with Gasteiger partial charge in [-0.2, -0.15) is 0 Å². The molecule has 276 valence electrons. The second-order valence-electron chi connectivity index (χ2n) is 19.2. The van der Waals surface area contributed by atoms with Gasteiger partial charge in [0.25, 0.3) is 0 Å². The first-order chi connectivity index (χ1) is 23.1. The highest BCUT2D eigenvalue weighted by molar-refractivity contribution is 6.00. The minimum absolute atomic E-state index is 0.0113. The minimum atomic E-state index is -0.742. The van der Waals surface area contributed by atoms with Crippen LogP contribution in [0.25, 0.3) is 0 Å². The Kier molecular flexibility index (Phi) is 10.2. The third kappa shape index (κ3) is 6.11. The Hall–Kier alpha value is -1.57. The van der Waals surface area contributed by atoms with Gasteiger partial charge < -0.3 is 21.9 Å². The van der Waals surface area contributed by atoms with E-state index in [-0.39, 0.29) is 28.7 Å². The maximum absolute atomic E-state index is 13.8. The fourth-order valence-electron chi connectivity index (χ4n) is 13.7. The van der Waals surface area contributed by atoms with Crippen LogP contribution < -0.4 is 16.8 Å². The number of carbonyl (C=O) groups excluding carboxylic acids is 2. The van der Waals surface area contributed by atoms with Crippen molar-refractivity contribution >= 4 is 17.5 Å². The molecule has 0 aromatic carbocycles. The van der Waals surface area contributed by atoms with E-state index in [2.05, 4.69) is 45.7 Å². The first kappa shape index (κ1) is 37.2. The molecule has 7 aliphatic carbocycles. The molecule has 0 spiro atoms. The summed E-state index contributed by atoms with van der Waals surface area (Å²) < 4.78 is 0. The SMILES string of the molecule is CC(C)C1=C2C3CCC4C(C)(CCC5C(C)C(CC(=O)C6CC(C(=O)O)C6C)CCC54C)C3CCC2(CCNCC2(N)CC2)CC1=O.CN. The third-order valence-corrected chi connectivity index (χ3v) is 16.6. The van der Waals surface area contributed by atoms with Crippen LogP contribution in [0.1, 0.15) is 131 Å². The number of allylic oxidation sites excluding steroid dienone is 2. The minimum Gasteiger partial charge on any atom is -0.481 e. The molecule has 7 rings (SSSR count). The number of Topliss-reactive ketones (excluding diaryl/α,β-unsaturated/α-hetero) is 2. The number of ketones is 2. The van der Waals surface area contributed by atoms with Crippen molar-refractivity contribution in [2.75, 3.05) is 20.1 Å². The van der Waals surface area contributed by atoms with Crippen molar-refractivity contribution in [1.82, 2.24) is 5.32 Å². The van der Waals surface area contributed by atoms with Crippen LogP contribution in [-0.4, -0.2) is 48.3 Å². The molecule has 6 fully saturated rings. The fraction of sp³-hybridized carbons (Fsp3) is 0.881. The summed E-state index contributed by atoms with van der Waals surface area (Å²) in [6.45, 7) is 16.1.